The van der Waals surface area contributed by atoms with Gasteiger partial charge < -0.3 is 10.4 Å². The molecule has 4 heteroatoms. The number of hydrogen-bond acceptors (Lipinski definition) is 3. The van der Waals surface area contributed by atoms with E-state index in [1.807, 2.05) is 36.4 Å². The molecule has 0 aromatic heterocycles. The van der Waals surface area contributed by atoms with Crippen LogP contribution in [0.1, 0.15) is 49.4 Å². The van der Waals surface area contributed by atoms with E-state index in [-0.39, 0.29) is 17.4 Å². The third-order valence-corrected chi connectivity index (χ3v) is 6.13. The zero-order valence-electron chi connectivity index (χ0n) is 16.1. The van der Waals surface area contributed by atoms with Gasteiger partial charge in [-0.3, -0.25) is 9.69 Å². The van der Waals surface area contributed by atoms with Crippen molar-refractivity contribution in [3.63, 3.8) is 0 Å². The zero-order chi connectivity index (χ0) is 19.0. The highest BCUT2D eigenvalue weighted by Crippen LogP contribution is 2.48. The monoisotopic (exact) mass is 364 g/mol. The standard InChI is InChI=1S/C23H28N2O2/c1-23(2)19-11-10-17(24-20(26)14-16-8-4-3-5-9-16)15-18(19)21(22(23)27)25-12-6-7-13-25/h3-5,8-11,15,21-22,27H,6-7,12-14H2,1-2H3,(H,24,26). The van der Waals surface area contributed by atoms with Crippen molar-refractivity contribution in [3.8, 4) is 0 Å². The van der Waals surface area contributed by atoms with E-state index in [1.165, 1.54) is 18.4 Å². The van der Waals surface area contributed by atoms with Crippen LogP contribution < -0.4 is 5.32 Å². The van der Waals surface area contributed by atoms with Gasteiger partial charge in [-0.05, 0) is 54.8 Å². The van der Waals surface area contributed by atoms with Crippen LogP contribution in [0, 0.1) is 0 Å². The molecule has 27 heavy (non-hydrogen) atoms. The third kappa shape index (κ3) is 3.40. The van der Waals surface area contributed by atoms with Crippen molar-refractivity contribution in [2.75, 3.05) is 18.4 Å². The van der Waals surface area contributed by atoms with Crippen molar-refractivity contribution in [3.05, 3.63) is 65.2 Å². The molecular weight excluding hydrogens is 336 g/mol. The number of rotatable bonds is 4. The Morgan fingerprint density at radius 3 is 2.56 bits per heavy atom. The molecule has 2 unspecified atom stereocenters. The number of carbonyl (C=O) groups excluding carboxylic acids is 1. The number of nitrogens with zero attached hydrogens (tertiary/aromatic N) is 1. The summed E-state index contributed by atoms with van der Waals surface area (Å²) in [5.41, 5.74) is 3.88. The van der Waals surface area contributed by atoms with E-state index in [9.17, 15) is 9.90 Å². The zero-order valence-corrected chi connectivity index (χ0v) is 16.1. The van der Waals surface area contributed by atoms with Crippen LogP contribution in [0.15, 0.2) is 48.5 Å². The molecule has 1 aliphatic carbocycles. The molecule has 4 rings (SSSR count). The average molecular weight is 364 g/mol. The second kappa shape index (κ2) is 7.10. The molecule has 1 heterocycles. The Balaban J connectivity index is 1.57. The van der Waals surface area contributed by atoms with Crippen LogP contribution in [0.2, 0.25) is 0 Å². The lowest BCUT2D eigenvalue weighted by Gasteiger charge is -2.31. The molecule has 0 spiro atoms. The van der Waals surface area contributed by atoms with Crippen molar-refractivity contribution in [1.82, 2.24) is 4.90 Å². The predicted molar refractivity (Wildman–Crippen MR) is 108 cm³/mol. The third-order valence-electron chi connectivity index (χ3n) is 6.13. The van der Waals surface area contributed by atoms with Crippen LogP contribution in [-0.4, -0.2) is 35.1 Å². The van der Waals surface area contributed by atoms with E-state index in [2.05, 4.69) is 36.2 Å². The number of aliphatic hydroxyl groups is 1. The molecule has 1 amide bonds. The summed E-state index contributed by atoms with van der Waals surface area (Å²) in [6.45, 7) is 6.28. The number of hydrogen-bond donors (Lipinski definition) is 2. The molecular formula is C23H28N2O2. The van der Waals surface area contributed by atoms with Gasteiger partial charge in [0.2, 0.25) is 5.91 Å². The fourth-order valence-corrected chi connectivity index (χ4v) is 4.60. The summed E-state index contributed by atoms with van der Waals surface area (Å²) in [4.78, 5) is 14.8. The second-order valence-electron chi connectivity index (χ2n) is 8.37. The van der Waals surface area contributed by atoms with Gasteiger partial charge >= 0.3 is 0 Å². The number of anilines is 1. The van der Waals surface area contributed by atoms with Crippen LogP contribution in [0.3, 0.4) is 0 Å². The van der Waals surface area contributed by atoms with Gasteiger partial charge in [-0.1, -0.05) is 50.2 Å². The first kappa shape index (κ1) is 18.2. The maximum absolute atomic E-state index is 12.4. The highest BCUT2D eigenvalue weighted by atomic mass is 16.3. The minimum absolute atomic E-state index is 0.0170. The summed E-state index contributed by atoms with van der Waals surface area (Å²) in [5.74, 6) is -0.0170. The molecule has 1 saturated heterocycles. The van der Waals surface area contributed by atoms with Gasteiger partial charge in [0, 0.05) is 11.1 Å². The highest BCUT2D eigenvalue weighted by molar-refractivity contribution is 5.92. The lowest BCUT2D eigenvalue weighted by atomic mass is 9.84. The smallest absolute Gasteiger partial charge is 0.228 e. The Morgan fingerprint density at radius 2 is 1.85 bits per heavy atom. The van der Waals surface area contributed by atoms with Gasteiger partial charge in [0.25, 0.3) is 0 Å². The molecule has 0 saturated carbocycles. The molecule has 2 N–H and O–H groups in total. The van der Waals surface area contributed by atoms with Crippen LogP contribution in [0.5, 0.6) is 0 Å². The van der Waals surface area contributed by atoms with Gasteiger partial charge in [0.15, 0.2) is 0 Å². The van der Waals surface area contributed by atoms with Crippen molar-refractivity contribution in [2.24, 2.45) is 0 Å². The number of nitrogens with one attached hydrogen (secondary N) is 1. The summed E-state index contributed by atoms with van der Waals surface area (Å²) < 4.78 is 0. The number of aliphatic hydroxyl groups excluding tert-OH is 1. The minimum atomic E-state index is -0.430. The molecule has 142 valence electrons. The van der Waals surface area contributed by atoms with Gasteiger partial charge in [0.1, 0.15) is 0 Å². The van der Waals surface area contributed by atoms with Gasteiger partial charge in [0.05, 0.1) is 18.6 Å². The Kier molecular flexibility index (Phi) is 4.79. The Hall–Kier alpha value is -2.17. The largest absolute Gasteiger partial charge is 0.390 e. The lowest BCUT2D eigenvalue weighted by molar-refractivity contribution is -0.115. The molecule has 2 atom stereocenters. The fraction of sp³-hybridized carbons (Fsp3) is 0.435. The number of benzene rings is 2. The van der Waals surface area contributed by atoms with Gasteiger partial charge in [-0.25, -0.2) is 0 Å². The Labute approximate surface area is 161 Å². The maximum atomic E-state index is 12.4. The summed E-state index contributed by atoms with van der Waals surface area (Å²) in [7, 11) is 0. The first-order valence-corrected chi connectivity index (χ1v) is 9.87. The van der Waals surface area contributed by atoms with E-state index in [4.69, 9.17) is 0 Å². The molecule has 0 radical (unpaired) electrons. The Bertz CT molecular complexity index is 826. The van der Waals surface area contributed by atoms with Crippen LogP contribution in [0.4, 0.5) is 5.69 Å². The summed E-state index contributed by atoms with van der Waals surface area (Å²) in [5, 5.41) is 14.1. The molecule has 2 aliphatic rings. The van der Waals surface area contributed by atoms with Crippen LogP contribution >= 0.6 is 0 Å². The number of likely N-dealkylation sites (tertiary alicyclic amines) is 1. The second-order valence-corrected chi connectivity index (χ2v) is 8.37. The number of carbonyl (C=O) groups is 1. The normalized spacial score (nSPS) is 24.0. The van der Waals surface area contributed by atoms with E-state index < -0.39 is 6.10 Å². The summed E-state index contributed by atoms with van der Waals surface area (Å²) in [6.07, 6.45) is 2.31. The summed E-state index contributed by atoms with van der Waals surface area (Å²) in [6, 6.07) is 15.9. The van der Waals surface area contributed by atoms with Crippen LogP contribution in [-0.2, 0) is 16.6 Å². The van der Waals surface area contributed by atoms with Crippen molar-refractivity contribution < 1.29 is 9.90 Å². The predicted octanol–water partition coefficient (Wildman–Crippen LogP) is 3.66. The minimum Gasteiger partial charge on any atom is -0.390 e. The molecule has 2 aromatic carbocycles. The fourth-order valence-electron chi connectivity index (χ4n) is 4.60. The molecule has 1 fully saturated rings. The number of fused-ring (bicyclic) bond motifs is 1. The van der Waals surface area contributed by atoms with Crippen LogP contribution in [0.25, 0.3) is 0 Å². The van der Waals surface area contributed by atoms with E-state index >= 15 is 0 Å². The summed E-state index contributed by atoms with van der Waals surface area (Å²) >= 11 is 0. The van der Waals surface area contributed by atoms with Crippen molar-refractivity contribution in [1.29, 1.82) is 0 Å². The lowest BCUT2D eigenvalue weighted by Crippen LogP contribution is -2.38. The average Bonchev–Trinajstić information content (AvgIpc) is 3.22. The van der Waals surface area contributed by atoms with E-state index in [0.29, 0.717) is 6.42 Å². The first-order valence-electron chi connectivity index (χ1n) is 9.87. The SMILES string of the molecule is CC1(C)c2ccc(NC(=O)Cc3ccccc3)cc2C(N2CCCC2)C1O. The van der Waals surface area contributed by atoms with Gasteiger partial charge in [-0.2, -0.15) is 0 Å². The van der Waals surface area contributed by atoms with E-state index in [0.717, 1.165) is 29.9 Å². The quantitative estimate of drug-likeness (QED) is 0.871. The Morgan fingerprint density at radius 1 is 1.15 bits per heavy atom. The maximum Gasteiger partial charge on any atom is 0.228 e. The molecule has 0 bridgehead atoms. The van der Waals surface area contributed by atoms with E-state index in [1.54, 1.807) is 0 Å². The first-order chi connectivity index (χ1) is 13.0. The number of amides is 1. The molecule has 4 nitrogen and oxygen atoms in total. The van der Waals surface area contributed by atoms with Crippen molar-refractivity contribution in [2.45, 2.75) is 50.7 Å². The molecule has 2 aromatic rings. The van der Waals surface area contributed by atoms with Crippen molar-refractivity contribution >= 4 is 11.6 Å². The molecule has 1 aliphatic heterocycles. The van der Waals surface area contributed by atoms with Gasteiger partial charge in [-0.15, -0.1) is 0 Å². The highest BCUT2D eigenvalue weighted by Gasteiger charge is 2.48. The topological polar surface area (TPSA) is 52.6 Å².